The molecule has 0 unspecified atom stereocenters. The van der Waals surface area contributed by atoms with Crippen LogP contribution in [-0.2, 0) is 31.5 Å². The molecule has 0 N–H and O–H groups in total. The van der Waals surface area contributed by atoms with E-state index in [2.05, 4.69) is 63.9 Å². The summed E-state index contributed by atoms with van der Waals surface area (Å²) in [5.74, 6) is -0.338. The largest absolute Gasteiger partial charge is 0.469 e. The van der Waals surface area contributed by atoms with Gasteiger partial charge in [0.15, 0.2) is 8.32 Å². The maximum atomic E-state index is 14.2. The first-order valence-corrected chi connectivity index (χ1v) is 17.6. The topological polar surface area (TPSA) is 48.0 Å². The van der Waals surface area contributed by atoms with E-state index >= 15 is 0 Å². The van der Waals surface area contributed by atoms with Crippen molar-refractivity contribution >= 4 is 14.3 Å². The molecule has 222 valence electrons. The van der Waals surface area contributed by atoms with Crippen LogP contribution >= 0.6 is 0 Å². The highest BCUT2D eigenvalue weighted by Gasteiger charge is 2.40. The summed E-state index contributed by atoms with van der Waals surface area (Å²) < 4.78 is 32.6. The number of ether oxygens (including phenoxy) is 2. The Bertz CT molecular complexity index is 1120. The zero-order valence-corrected chi connectivity index (χ0v) is 26.9. The Morgan fingerprint density at radius 2 is 1.90 bits per heavy atom. The van der Waals surface area contributed by atoms with Gasteiger partial charge in [0, 0.05) is 19.0 Å². The van der Waals surface area contributed by atoms with Gasteiger partial charge >= 0.3 is 5.97 Å². The lowest BCUT2D eigenvalue weighted by molar-refractivity contribution is -0.140. The second-order valence-electron chi connectivity index (χ2n) is 12.8. The number of benzene rings is 2. The monoisotopic (exact) mass is 571 g/mol. The number of hydrogen-bond acceptors (Lipinski definition) is 5. The fourth-order valence-electron chi connectivity index (χ4n) is 5.22. The molecular weight excluding hydrogens is 521 g/mol. The van der Waals surface area contributed by atoms with Crippen LogP contribution in [0.1, 0.15) is 75.3 Å². The van der Waals surface area contributed by atoms with E-state index in [1.807, 2.05) is 25.1 Å². The van der Waals surface area contributed by atoms with Gasteiger partial charge in [0.2, 0.25) is 0 Å². The van der Waals surface area contributed by atoms with Crippen LogP contribution in [0.25, 0.3) is 0 Å². The first kappa shape index (κ1) is 32.5. The lowest BCUT2D eigenvalue weighted by atomic mass is 9.99. The van der Waals surface area contributed by atoms with Crippen molar-refractivity contribution in [1.82, 2.24) is 4.90 Å². The zero-order chi connectivity index (χ0) is 29.5. The lowest BCUT2D eigenvalue weighted by Gasteiger charge is -2.41. The average Bonchev–Trinajstić information content (AvgIpc) is 3.33. The van der Waals surface area contributed by atoms with Crippen molar-refractivity contribution in [2.45, 2.75) is 103 Å². The van der Waals surface area contributed by atoms with Gasteiger partial charge < -0.3 is 13.9 Å². The molecule has 1 aliphatic rings. The molecule has 3 rings (SSSR count). The summed E-state index contributed by atoms with van der Waals surface area (Å²) >= 11 is 0. The molecule has 0 radical (unpaired) electrons. The maximum absolute atomic E-state index is 14.2. The summed E-state index contributed by atoms with van der Waals surface area (Å²) in [5, 5.41) is 0.0845. The second-order valence-corrected chi connectivity index (χ2v) is 17.6. The SMILES string of the molecule is COC(=O)CCc1ccccc1[C@@H](C)OC[C@H](CN1CCC[C@H]1Cc1ccc(C)c(F)c1)O[Si](C)(C)C(C)(C)C. The maximum Gasteiger partial charge on any atom is 0.305 e. The summed E-state index contributed by atoms with van der Waals surface area (Å²) in [7, 11) is -0.626. The standard InChI is InChI=1S/C33H50FNO4Si/c1-24-15-16-26(21-31(24)34)20-28-13-11-19-35(28)22-29(39-40(7,8)33(3,4)5)23-38-25(2)30-14-10-9-12-27(30)17-18-32(36)37-6/h9-10,12,14-16,21,25,28-29H,11,13,17-20,22-23H2,1-8H3/t25-,28+,29+/m1/s1. The van der Waals surface area contributed by atoms with Gasteiger partial charge in [-0.25, -0.2) is 4.39 Å². The summed E-state index contributed by atoms with van der Waals surface area (Å²) in [6.45, 7) is 17.6. The number of aryl methyl sites for hydroxylation is 2. The molecule has 1 fully saturated rings. The highest BCUT2D eigenvalue weighted by atomic mass is 28.4. The van der Waals surface area contributed by atoms with E-state index in [1.54, 1.807) is 6.07 Å². The van der Waals surface area contributed by atoms with Crippen molar-refractivity contribution in [1.29, 1.82) is 0 Å². The molecule has 0 bridgehead atoms. The molecule has 0 spiro atoms. The Balaban J connectivity index is 1.73. The predicted molar refractivity (Wildman–Crippen MR) is 163 cm³/mol. The number of rotatable bonds is 13. The van der Waals surface area contributed by atoms with Crippen LogP contribution in [0, 0.1) is 12.7 Å². The van der Waals surface area contributed by atoms with E-state index in [1.165, 1.54) is 7.11 Å². The van der Waals surface area contributed by atoms with Crippen molar-refractivity contribution in [3.05, 3.63) is 70.5 Å². The third-order valence-corrected chi connectivity index (χ3v) is 13.3. The molecule has 40 heavy (non-hydrogen) atoms. The highest BCUT2D eigenvalue weighted by molar-refractivity contribution is 6.74. The van der Waals surface area contributed by atoms with Crippen LogP contribution in [0.15, 0.2) is 42.5 Å². The number of carbonyl (C=O) groups is 1. The van der Waals surface area contributed by atoms with Gasteiger partial charge in [-0.3, -0.25) is 9.69 Å². The molecule has 0 aromatic heterocycles. The number of hydrogen-bond donors (Lipinski definition) is 0. The Labute approximate surface area is 242 Å². The fourth-order valence-corrected chi connectivity index (χ4v) is 6.55. The normalized spacial score (nSPS) is 18.1. The third-order valence-electron chi connectivity index (χ3n) is 8.76. The smallest absolute Gasteiger partial charge is 0.305 e. The van der Waals surface area contributed by atoms with Gasteiger partial charge in [-0.1, -0.05) is 57.2 Å². The van der Waals surface area contributed by atoms with E-state index in [4.69, 9.17) is 13.9 Å². The summed E-state index contributed by atoms with van der Waals surface area (Å²) in [6.07, 6.45) is 3.84. The predicted octanol–water partition coefficient (Wildman–Crippen LogP) is 7.41. The van der Waals surface area contributed by atoms with Gasteiger partial charge in [0.1, 0.15) is 5.82 Å². The molecular formula is C33H50FNO4Si. The Morgan fingerprint density at radius 3 is 2.58 bits per heavy atom. The van der Waals surface area contributed by atoms with Crippen LogP contribution < -0.4 is 0 Å². The molecule has 2 aromatic carbocycles. The van der Waals surface area contributed by atoms with Crippen molar-refractivity contribution in [3.8, 4) is 0 Å². The van der Waals surface area contributed by atoms with Crippen LogP contribution in [0.3, 0.4) is 0 Å². The molecule has 0 aliphatic carbocycles. The summed E-state index contributed by atoms with van der Waals surface area (Å²) in [6, 6.07) is 14.2. The summed E-state index contributed by atoms with van der Waals surface area (Å²) in [5.41, 5.74) is 3.94. The molecule has 3 atom stereocenters. The van der Waals surface area contributed by atoms with Crippen molar-refractivity contribution < 1.29 is 23.1 Å². The van der Waals surface area contributed by atoms with Crippen molar-refractivity contribution in [2.24, 2.45) is 0 Å². The minimum absolute atomic E-state index is 0.0686. The first-order valence-electron chi connectivity index (χ1n) is 14.7. The van der Waals surface area contributed by atoms with E-state index in [0.29, 0.717) is 31.1 Å². The third kappa shape index (κ3) is 8.97. The molecule has 0 amide bonds. The molecule has 2 aromatic rings. The molecule has 5 nitrogen and oxygen atoms in total. The van der Waals surface area contributed by atoms with Gasteiger partial charge in [-0.15, -0.1) is 0 Å². The fraction of sp³-hybridized carbons (Fsp3) is 0.606. The number of halogens is 1. The Morgan fingerprint density at radius 1 is 1.18 bits per heavy atom. The Kier molecular flexibility index (Phi) is 11.5. The highest BCUT2D eigenvalue weighted by Crippen LogP contribution is 2.38. The first-order chi connectivity index (χ1) is 18.8. The molecule has 0 saturated carbocycles. The Hall–Kier alpha value is -2.06. The number of carbonyl (C=O) groups excluding carboxylic acids is 1. The van der Waals surface area contributed by atoms with E-state index < -0.39 is 8.32 Å². The molecule has 1 heterocycles. The molecule has 7 heteroatoms. The van der Waals surface area contributed by atoms with Gasteiger partial charge in [-0.05, 0) is 92.5 Å². The van der Waals surface area contributed by atoms with E-state index in [9.17, 15) is 9.18 Å². The van der Waals surface area contributed by atoms with E-state index in [0.717, 1.165) is 49.0 Å². The number of esters is 1. The number of likely N-dealkylation sites (tertiary alicyclic amines) is 1. The van der Waals surface area contributed by atoms with Crippen LogP contribution in [0.4, 0.5) is 4.39 Å². The molecule has 1 saturated heterocycles. The number of methoxy groups -OCH3 is 1. The minimum Gasteiger partial charge on any atom is -0.469 e. The second kappa shape index (κ2) is 14.2. The zero-order valence-electron chi connectivity index (χ0n) is 25.9. The van der Waals surface area contributed by atoms with Crippen LogP contribution in [-0.4, -0.2) is 58.1 Å². The lowest BCUT2D eigenvalue weighted by Crippen LogP contribution is -2.49. The van der Waals surface area contributed by atoms with Gasteiger partial charge in [0.05, 0.1) is 25.9 Å². The number of nitrogens with zero attached hydrogens (tertiary/aromatic N) is 1. The van der Waals surface area contributed by atoms with Crippen molar-refractivity contribution in [2.75, 3.05) is 26.8 Å². The average molecular weight is 572 g/mol. The summed E-state index contributed by atoms with van der Waals surface area (Å²) in [4.78, 5) is 14.3. The van der Waals surface area contributed by atoms with Crippen molar-refractivity contribution in [3.63, 3.8) is 0 Å². The van der Waals surface area contributed by atoms with Crippen LogP contribution in [0.2, 0.25) is 18.1 Å². The van der Waals surface area contributed by atoms with Crippen LogP contribution in [0.5, 0.6) is 0 Å². The minimum atomic E-state index is -2.05. The van der Waals surface area contributed by atoms with E-state index in [-0.39, 0.29) is 29.0 Å². The quantitative estimate of drug-likeness (QED) is 0.185. The van der Waals surface area contributed by atoms with Gasteiger partial charge in [0.25, 0.3) is 0 Å². The van der Waals surface area contributed by atoms with Gasteiger partial charge in [-0.2, -0.15) is 0 Å². The molecule has 1 aliphatic heterocycles.